The normalized spacial score (nSPS) is 24.1. The average molecular weight is 502 g/mol. The lowest BCUT2D eigenvalue weighted by molar-refractivity contribution is 0.146. The minimum Gasteiger partial charge on any atom is -0.491 e. The number of para-hydroxylation sites is 1. The molecule has 35 heavy (non-hydrogen) atoms. The number of amides is 2. The van der Waals surface area contributed by atoms with Gasteiger partial charge in [0.2, 0.25) is 15.0 Å². The number of carbonyl (C=O) groups is 1. The zero-order valence-corrected chi connectivity index (χ0v) is 21.1. The molecule has 7 nitrogen and oxygen atoms in total. The monoisotopic (exact) mass is 501 g/mol. The third-order valence-electron chi connectivity index (χ3n) is 7.57. The first-order valence-electron chi connectivity index (χ1n) is 12.0. The van der Waals surface area contributed by atoms with E-state index in [1.807, 2.05) is 42.5 Å². The maximum atomic E-state index is 14.6. The number of benzene rings is 2. The zero-order chi connectivity index (χ0) is 25.0. The molecule has 1 spiro atoms. The molecule has 2 atom stereocenters. The summed E-state index contributed by atoms with van der Waals surface area (Å²) in [6.45, 7) is 3.25. The van der Waals surface area contributed by atoms with Gasteiger partial charge in [0.15, 0.2) is 0 Å². The van der Waals surface area contributed by atoms with E-state index in [1.54, 1.807) is 16.8 Å². The van der Waals surface area contributed by atoms with Crippen molar-refractivity contribution in [3.05, 3.63) is 54.1 Å². The van der Waals surface area contributed by atoms with Crippen LogP contribution < -0.4 is 9.46 Å². The molecule has 2 aromatic carbocycles. The lowest BCUT2D eigenvalue weighted by Gasteiger charge is -2.33. The van der Waals surface area contributed by atoms with E-state index in [0.29, 0.717) is 26.1 Å². The van der Waals surface area contributed by atoms with Gasteiger partial charge in [0.05, 0.1) is 12.6 Å². The van der Waals surface area contributed by atoms with E-state index in [2.05, 4.69) is 10.8 Å². The van der Waals surface area contributed by atoms with Crippen LogP contribution in [0, 0.1) is 5.41 Å². The number of fused-ring (bicyclic) bond motifs is 5. The Balaban J connectivity index is 1.57. The SMILES string of the molecule is CN1CCOc2ccccc2-c2cccc(c2)CC2C(NS(=O)(=O)C(C)(C)F)C3(CC3)CN2C1=O. The Hall–Kier alpha value is -2.65. The third-order valence-corrected chi connectivity index (χ3v) is 9.41. The van der Waals surface area contributed by atoms with Gasteiger partial charge in [-0.2, -0.15) is 0 Å². The van der Waals surface area contributed by atoms with Gasteiger partial charge in [0.25, 0.3) is 0 Å². The van der Waals surface area contributed by atoms with Gasteiger partial charge < -0.3 is 14.5 Å². The van der Waals surface area contributed by atoms with Crippen molar-refractivity contribution in [2.45, 2.75) is 50.2 Å². The Morgan fingerprint density at radius 1 is 1.14 bits per heavy atom. The van der Waals surface area contributed by atoms with Crippen molar-refractivity contribution in [1.29, 1.82) is 0 Å². The summed E-state index contributed by atoms with van der Waals surface area (Å²) in [4.78, 5) is 17.0. The van der Waals surface area contributed by atoms with Gasteiger partial charge >= 0.3 is 6.03 Å². The fourth-order valence-corrected chi connectivity index (χ4v) is 6.29. The highest BCUT2D eigenvalue weighted by Crippen LogP contribution is 2.56. The fourth-order valence-electron chi connectivity index (χ4n) is 5.27. The largest absolute Gasteiger partial charge is 0.491 e. The van der Waals surface area contributed by atoms with Crippen LogP contribution in [0.1, 0.15) is 32.3 Å². The first-order valence-corrected chi connectivity index (χ1v) is 13.5. The van der Waals surface area contributed by atoms with Gasteiger partial charge in [0.1, 0.15) is 12.4 Å². The van der Waals surface area contributed by atoms with Gasteiger partial charge in [-0.05, 0) is 50.3 Å². The maximum absolute atomic E-state index is 14.6. The maximum Gasteiger partial charge on any atom is 0.320 e. The summed E-state index contributed by atoms with van der Waals surface area (Å²) in [5.74, 6) is 0.748. The first-order chi connectivity index (χ1) is 16.5. The molecule has 188 valence electrons. The van der Waals surface area contributed by atoms with Crippen LogP contribution in [0.3, 0.4) is 0 Å². The third kappa shape index (κ3) is 4.40. The number of carbonyl (C=O) groups excluding carboxylic acids is 1. The Labute approximate surface area is 206 Å². The molecule has 2 aliphatic heterocycles. The van der Waals surface area contributed by atoms with E-state index in [-0.39, 0.29) is 11.4 Å². The van der Waals surface area contributed by atoms with Gasteiger partial charge in [-0.3, -0.25) is 0 Å². The molecule has 5 rings (SSSR count). The van der Waals surface area contributed by atoms with E-state index >= 15 is 0 Å². The summed E-state index contributed by atoms with van der Waals surface area (Å²) in [6.07, 6.45) is 2.05. The van der Waals surface area contributed by atoms with E-state index in [9.17, 15) is 17.6 Å². The summed E-state index contributed by atoms with van der Waals surface area (Å²) < 4.78 is 49.1. The average Bonchev–Trinajstić information content (AvgIpc) is 3.53. The van der Waals surface area contributed by atoms with Gasteiger partial charge in [-0.25, -0.2) is 22.3 Å². The van der Waals surface area contributed by atoms with Gasteiger partial charge in [0, 0.05) is 30.6 Å². The number of nitrogens with one attached hydrogen (secondary N) is 1. The van der Waals surface area contributed by atoms with Crippen LogP contribution in [0.15, 0.2) is 48.5 Å². The second-order valence-electron chi connectivity index (χ2n) is 10.5. The number of nitrogens with zero attached hydrogens (tertiary/aromatic N) is 2. The van der Waals surface area contributed by atoms with Crippen LogP contribution in [-0.4, -0.2) is 68.1 Å². The van der Waals surface area contributed by atoms with Gasteiger partial charge in [-0.15, -0.1) is 0 Å². The number of alkyl halides is 1. The van der Waals surface area contributed by atoms with Crippen LogP contribution in [0.4, 0.5) is 9.18 Å². The van der Waals surface area contributed by atoms with Gasteiger partial charge in [-0.1, -0.05) is 42.5 Å². The van der Waals surface area contributed by atoms with Crippen molar-refractivity contribution in [2.75, 3.05) is 26.7 Å². The topological polar surface area (TPSA) is 79.0 Å². The molecule has 0 radical (unpaired) electrons. The molecule has 3 aliphatic rings. The molecule has 0 aromatic heterocycles. The fraction of sp³-hybridized carbons (Fsp3) is 0.500. The van der Waals surface area contributed by atoms with Crippen molar-refractivity contribution in [1.82, 2.24) is 14.5 Å². The summed E-state index contributed by atoms with van der Waals surface area (Å²) in [5.41, 5.74) is 2.56. The van der Waals surface area contributed by atoms with Crippen LogP contribution in [0.5, 0.6) is 5.75 Å². The molecule has 2 amide bonds. The molecule has 2 heterocycles. The Morgan fingerprint density at radius 3 is 2.60 bits per heavy atom. The number of hydrogen-bond donors (Lipinski definition) is 1. The highest BCUT2D eigenvalue weighted by atomic mass is 32.2. The molecular formula is C26H32FN3O4S. The Morgan fingerprint density at radius 2 is 1.89 bits per heavy atom. The summed E-state index contributed by atoms with van der Waals surface area (Å²) in [5, 5.41) is -2.43. The number of sulfonamides is 1. The Kier molecular flexibility index (Phi) is 5.83. The molecule has 1 aliphatic carbocycles. The molecule has 1 saturated heterocycles. The van der Waals surface area contributed by atoms with Crippen LogP contribution in [0.25, 0.3) is 11.1 Å². The molecule has 1 N–H and O–H groups in total. The van der Waals surface area contributed by atoms with Crippen LogP contribution >= 0.6 is 0 Å². The van der Waals surface area contributed by atoms with Crippen molar-refractivity contribution in [3.8, 4) is 16.9 Å². The van der Waals surface area contributed by atoms with Crippen molar-refractivity contribution >= 4 is 16.1 Å². The highest BCUT2D eigenvalue weighted by Gasteiger charge is 2.62. The van der Waals surface area contributed by atoms with Crippen molar-refractivity contribution in [3.63, 3.8) is 0 Å². The minimum atomic E-state index is -4.25. The summed E-state index contributed by atoms with van der Waals surface area (Å²) in [6, 6.07) is 14.7. The summed E-state index contributed by atoms with van der Waals surface area (Å²) >= 11 is 0. The number of urea groups is 1. The first kappa shape index (κ1) is 24.1. The highest BCUT2D eigenvalue weighted by molar-refractivity contribution is 7.90. The molecular weight excluding hydrogens is 469 g/mol. The van der Waals surface area contributed by atoms with Crippen LogP contribution in [-0.2, 0) is 16.4 Å². The minimum absolute atomic E-state index is 0.172. The number of likely N-dealkylation sites (N-methyl/N-ethyl adjacent to an activating group) is 1. The smallest absolute Gasteiger partial charge is 0.320 e. The molecule has 1 saturated carbocycles. The second kappa shape index (κ2) is 8.48. The lowest BCUT2D eigenvalue weighted by atomic mass is 9.91. The standard InChI is InChI=1S/C26H32FN3O4S/c1-25(2,27)35(32,33)28-23-21-16-18-7-6-8-19(15-18)20-9-4-5-10-22(20)34-14-13-29(3)24(31)30(21)17-26(23)11-12-26/h4-10,15,21,23,28H,11-14,16-17H2,1-3H3. The number of ether oxygens (including phenoxy) is 1. The second-order valence-corrected chi connectivity index (χ2v) is 12.7. The Bertz CT molecular complexity index is 1240. The van der Waals surface area contributed by atoms with E-state index in [0.717, 1.165) is 49.1 Å². The molecule has 9 heteroatoms. The molecule has 2 unspecified atom stereocenters. The van der Waals surface area contributed by atoms with E-state index in [4.69, 9.17) is 4.74 Å². The molecule has 2 fully saturated rings. The van der Waals surface area contributed by atoms with Crippen molar-refractivity contribution < 1.29 is 22.3 Å². The van der Waals surface area contributed by atoms with E-state index < -0.39 is 27.1 Å². The number of rotatable bonds is 3. The quantitative estimate of drug-likeness (QED) is 0.694. The number of hydrogen-bond acceptors (Lipinski definition) is 4. The molecule has 2 aromatic rings. The summed E-state index contributed by atoms with van der Waals surface area (Å²) in [7, 11) is -2.52. The van der Waals surface area contributed by atoms with Crippen LogP contribution in [0.2, 0.25) is 0 Å². The van der Waals surface area contributed by atoms with E-state index in [1.165, 1.54) is 0 Å². The molecule has 2 bridgehead atoms. The van der Waals surface area contributed by atoms with Crippen molar-refractivity contribution in [2.24, 2.45) is 5.41 Å². The number of halogens is 1. The lowest BCUT2D eigenvalue weighted by Crippen LogP contribution is -2.54. The predicted molar refractivity (Wildman–Crippen MR) is 132 cm³/mol. The zero-order valence-electron chi connectivity index (χ0n) is 20.3. The predicted octanol–water partition coefficient (Wildman–Crippen LogP) is 3.80.